The summed E-state index contributed by atoms with van der Waals surface area (Å²) in [4.78, 5) is 25.7. The number of rotatable bonds is 5. The third-order valence-electron chi connectivity index (χ3n) is 4.54. The maximum atomic E-state index is 12.7. The second-order valence-electron chi connectivity index (χ2n) is 6.39. The topological polar surface area (TPSA) is 70.8 Å². The van der Waals surface area contributed by atoms with Gasteiger partial charge in [0, 0.05) is 6.04 Å². The lowest BCUT2D eigenvalue weighted by molar-refractivity contribution is -0.142. The molecule has 1 aromatic rings. The molecule has 3 rings (SSSR count). The zero-order valence-corrected chi connectivity index (χ0v) is 11.7. The van der Waals surface area contributed by atoms with Crippen LogP contribution in [0.4, 0.5) is 0 Å². The summed E-state index contributed by atoms with van der Waals surface area (Å²) in [5, 5.41) is 9.21. The van der Waals surface area contributed by atoms with E-state index >= 15 is 0 Å². The molecular weight excluding hydrogens is 258 g/mol. The van der Waals surface area contributed by atoms with E-state index in [1.54, 1.807) is 17.2 Å². The lowest BCUT2D eigenvalue weighted by Gasteiger charge is -2.22. The summed E-state index contributed by atoms with van der Waals surface area (Å²) in [6.45, 7) is 4.15. The molecule has 1 N–H and O–H groups in total. The lowest BCUT2D eigenvalue weighted by Crippen LogP contribution is -2.35. The Labute approximate surface area is 117 Å². The van der Waals surface area contributed by atoms with Crippen LogP contribution >= 0.6 is 0 Å². The molecule has 2 atom stereocenters. The van der Waals surface area contributed by atoms with Crippen molar-refractivity contribution < 1.29 is 19.1 Å². The van der Waals surface area contributed by atoms with Crippen molar-refractivity contribution in [3.05, 3.63) is 24.2 Å². The molecule has 20 heavy (non-hydrogen) atoms. The quantitative estimate of drug-likeness (QED) is 0.895. The summed E-state index contributed by atoms with van der Waals surface area (Å²) in [6.07, 6.45) is 3.58. The van der Waals surface area contributed by atoms with E-state index in [0.29, 0.717) is 6.54 Å². The molecular formula is C15H19NO4. The van der Waals surface area contributed by atoms with E-state index in [2.05, 4.69) is 0 Å². The molecule has 2 fully saturated rings. The van der Waals surface area contributed by atoms with Crippen LogP contribution in [-0.2, 0) is 16.1 Å². The van der Waals surface area contributed by atoms with E-state index in [1.165, 1.54) is 0 Å². The van der Waals surface area contributed by atoms with Crippen LogP contribution in [0.25, 0.3) is 0 Å². The highest BCUT2D eigenvalue weighted by Gasteiger charge is 2.67. The molecule has 2 aliphatic carbocycles. The molecule has 2 unspecified atom stereocenters. The number of furan rings is 1. The number of aliphatic carboxylic acids is 1. The first-order valence-electron chi connectivity index (χ1n) is 6.98. The molecule has 0 saturated heterocycles. The SMILES string of the molecule is CC1(C)C(C(=O)O)C1C(=O)N(Cc1ccco1)C1CC1. The van der Waals surface area contributed by atoms with Crippen LogP contribution in [0.15, 0.2) is 22.8 Å². The Kier molecular flexibility index (Phi) is 2.88. The molecule has 1 heterocycles. The molecule has 108 valence electrons. The van der Waals surface area contributed by atoms with Crippen molar-refractivity contribution in [3.63, 3.8) is 0 Å². The molecule has 0 aliphatic heterocycles. The van der Waals surface area contributed by atoms with Gasteiger partial charge in [-0.1, -0.05) is 13.8 Å². The van der Waals surface area contributed by atoms with Gasteiger partial charge in [-0.3, -0.25) is 9.59 Å². The fraction of sp³-hybridized carbons (Fsp3) is 0.600. The molecule has 1 amide bonds. The number of carbonyl (C=O) groups excluding carboxylic acids is 1. The normalized spacial score (nSPS) is 27.1. The number of carbonyl (C=O) groups is 2. The minimum absolute atomic E-state index is 0.0405. The van der Waals surface area contributed by atoms with Crippen LogP contribution in [0.1, 0.15) is 32.4 Å². The number of hydrogen-bond acceptors (Lipinski definition) is 3. The lowest BCUT2D eigenvalue weighted by atomic mass is 10.1. The first kappa shape index (κ1) is 13.2. The maximum absolute atomic E-state index is 12.7. The summed E-state index contributed by atoms with van der Waals surface area (Å²) in [5.41, 5.74) is -0.445. The van der Waals surface area contributed by atoms with E-state index in [1.807, 2.05) is 19.9 Å². The van der Waals surface area contributed by atoms with Gasteiger partial charge in [-0.25, -0.2) is 0 Å². The number of amides is 1. The molecule has 0 spiro atoms. The molecule has 2 aliphatic rings. The zero-order chi connectivity index (χ0) is 14.5. The van der Waals surface area contributed by atoms with Gasteiger partial charge in [0.2, 0.25) is 5.91 Å². The van der Waals surface area contributed by atoms with Gasteiger partial charge in [-0.2, -0.15) is 0 Å². The highest BCUT2D eigenvalue weighted by molar-refractivity contribution is 5.92. The molecule has 5 heteroatoms. The first-order valence-corrected chi connectivity index (χ1v) is 6.98. The number of nitrogens with zero attached hydrogens (tertiary/aromatic N) is 1. The Bertz CT molecular complexity index is 530. The molecule has 5 nitrogen and oxygen atoms in total. The molecule has 0 bridgehead atoms. The van der Waals surface area contributed by atoms with Crippen molar-refractivity contribution in [1.29, 1.82) is 0 Å². The second-order valence-corrected chi connectivity index (χ2v) is 6.39. The molecule has 0 radical (unpaired) electrons. The second kappa shape index (κ2) is 4.36. The van der Waals surface area contributed by atoms with Crippen molar-refractivity contribution in [3.8, 4) is 0 Å². The number of carboxylic acid groups (broad SMARTS) is 1. The third-order valence-corrected chi connectivity index (χ3v) is 4.54. The van der Waals surface area contributed by atoms with Crippen LogP contribution in [-0.4, -0.2) is 27.9 Å². The molecule has 0 aromatic carbocycles. The average molecular weight is 277 g/mol. The summed E-state index contributed by atoms with van der Waals surface area (Å²) in [5.74, 6) is -1.14. The zero-order valence-electron chi connectivity index (χ0n) is 11.7. The van der Waals surface area contributed by atoms with Crippen molar-refractivity contribution >= 4 is 11.9 Å². The van der Waals surface area contributed by atoms with Gasteiger partial charge in [0.25, 0.3) is 0 Å². The van der Waals surface area contributed by atoms with Crippen LogP contribution in [0.5, 0.6) is 0 Å². The van der Waals surface area contributed by atoms with E-state index in [4.69, 9.17) is 4.42 Å². The van der Waals surface area contributed by atoms with Gasteiger partial charge in [-0.15, -0.1) is 0 Å². The predicted octanol–water partition coefficient (Wildman–Crippen LogP) is 2.13. The third kappa shape index (κ3) is 2.11. The standard InChI is InChI=1S/C15H19NO4/c1-15(2)11(12(15)14(18)19)13(17)16(9-5-6-9)8-10-4-3-7-20-10/h3-4,7,9,11-12H,5-6,8H2,1-2H3,(H,18,19). The summed E-state index contributed by atoms with van der Waals surface area (Å²) in [7, 11) is 0. The van der Waals surface area contributed by atoms with Gasteiger partial charge in [0.05, 0.1) is 24.6 Å². The van der Waals surface area contributed by atoms with Crippen LogP contribution in [0, 0.1) is 17.3 Å². The van der Waals surface area contributed by atoms with Crippen molar-refractivity contribution in [2.24, 2.45) is 17.3 Å². The van der Waals surface area contributed by atoms with Crippen molar-refractivity contribution in [2.75, 3.05) is 0 Å². The Morgan fingerprint density at radius 2 is 2.10 bits per heavy atom. The van der Waals surface area contributed by atoms with Crippen molar-refractivity contribution in [2.45, 2.75) is 39.3 Å². The minimum Gasteiger partial charge on any atom is -0.481 e. The summed E-state index contributed by atoms with van der Waals surface area (Å²) < 4.78 is 5.31. The van der Waals surface area contributed by atoms with Crippen LogP contribution in [0.2, 0.25) is 0 Å². The number of carboxylic acids is 1. The Balaban J connectivity index is 1.75. The van der Waals surface area contributed by atoms with Crippen molar-refractivity contribution in [1.82, 2.24) is 4.90 Å². The Hall–Kier alpha value is -1.78. The fourth-order valence-electron chi connectivity index (χ4n) is 3.08. The van der Waals surface area contributed by atoms with Gasteiger partial charge < -0.3 is 14.4 Å². The number of hydrogen-bond donors (Lipinski definition) is 1. The van der Waals surface area contributed by atoms with E-state index in [0.717, 1.165) is 18.6 Å². The average Bonchev–Trinajstić information content (AvgIpc) is 3.23. The van der Waals surface area contributed by atoms with E-state index in [9.17, 15) is 14.7 Å². The van der Waals surface area contributed by atoms with Crippen LogP contribution in [0.3, 0.4) is 0 Å². The minimum atomic E-state index is -0.873. The van der Waals surface area contributed by atoms with E-state index < -0.39 is 23.2 Å². The van der Waals surface area contributed by atoms with Gasteiger partial charge in [-0.05, 0) is 30.4 Å². The first-order chi connectivity index (χ1) is 9.43. The Morgan fingerprint density at radius 3 is 2.55 bits per heavy atom. The smallest absolute Gasteiger partial charge is 0.307 e. The summed E-state index contributed by atoms with van der Waals surface area (Å²) in [6, 6.07) is 3.89. The molecule has 2 saturated carbocycles. The predicted molar refractivity (Wildman–Crippen MR) is 70.7 cm³/mol. The van der Waals surface area contributed by atoms with Gasteiger partial charge in [0.1, 0.15) is 5.76 Å². The Morgan fingerprint density at radius 1 is 1.40 bits per heavy atom. The van der Waals surface area contributed by atoms with Gasteiger partial charge >= 0.3 is 5.97 Å². The fourth-order valence-corrected chi connectivity index (χ4v) is 3.08. The van der Waals surface area contributed by atoms with Crippen LogP contribution < -0.4 is 0 Å². The highest BCUT2D eigenvalue weighted by atomic mass is 16.4. The summed E-state index contributed by atoms with van der Waals surface area (Å²) >= 11 is 0. The highest BCUT2D eigenvalue weighted by Crippen LogP contribution is 2.59. The monoisotopic (exact) mass is 277 g/mol. The van der Waals surface area contributed by atoms with Gasteiger partial charge in [0.15, 0.2) is 0 Å². The largest absolute Gasteiger partial charge is 0.481 e. The maximum Gasteiger partial charge on any atom is 0.307 e. The van der Waals surface area contributed by atoms with E-state index in [-0.39, 0.29) is 11.9 Å². The molecule has 1 aromatic heterocycles.